The Morgan fingerprint density at radius 2 is 1.85 bits per heavy atom. The van der Waals surface area contributed by atoms with Crippen molar-refractivity contribution in [1.29, 1.82) is 5.26 Å². The second-order valence-corrected chi connectivity index (χ2v) is 9.34. The minimum Gasteiger partial charge on any atom is -0.453 e. The Bertz CT molecular complexity index is 1180. The summed E-state index contributed by atoms with van der Waals surface area (Å²) < 4.78 is 45.1. The lowest BCUT2D eigenvalue weighted by molar-refractivity contribution is 0.553. The molecule has 0 amide bonds. The van der Waals surface area contributed by atoms with E-state index in [1.54, 1.807) is 54.6 Å². The minimum atomic E-state index is -3.77. The third kappa shape index (κ3) is 3.05. The number of hydrogen-bond acceptors (Lipinski definition) is 5. The van der Waals surface area contributed by atoms with E-state index in [9.17, 15) is 12.6 Å². The van der Waals surface area contributed by atoms with Crippen molar-refractivity contribution in [3.8, 4) is 17.2 Å². The summed E-state index contributed by atoms with van der Waals surface area (Å²) in [6, 6.07) is 16.8. The third-order valence-electron chi connectivity index (χ3n) is 4.33. The first kappa shape index (κ1) is 17.5. The quantitative estimate of drug-likeness (QED) is 0.676. The molecule has 2 heterocycles. The maximum absolute atomic E-state index is 13.1. The molecule has 8 heteroatoms. The SMILES string of the molecule is N#Cc1cc(-c2ccc3c(c2)N(S(=O)(=O)c2ccccc2)CCS3=O)co1. The number of sulfonamides is 1. The van der Waals surface area contributed by atoms with Crippen LogP contribution >= 0.6 is 0 Å². The summed E-state index contributed by atoms with van der Waals surface area (Å²) in [5.74, 6) is 0.406. The van der Waals surface area contributed by atoms with Gasteiger partial charge in [-0.25, -0.2) is 8.42 Å². The van der Waals surface area contributed by atoms with Gasteiger partial charge in [0.2, 0.25) is 5.76 Å². The van der Waals surface area contributed by atoms with E-state index in [2.05, 4.69) is 0 Å². The summed E-state index contributed by atoms with van der Waals surface area (Å²) in [5.41, 5.74) is 1.73. The molecule has 1 aromatic heterocycles. The van der Waals surface area contributed by atoms with E-state index < -0.39 is 20.8 Å². The number of hydrogen-bond donors (Lipinski definition) is 0. The number of anilines is 1. The van der Waals surface area contributed by atoms with Gasteiger partial charge < -0.3 is 4.42 Å². The highest BCUT2D eigenvalue weighted by Gasteiger charge is 2.32. The van der Waals surface area contributed by atoms with Crippen molar-refractivity contribution in [2.45, 2.75) is 9.79 Å². The van der Waals surface area contributed by atoms with Crippen LogP contribution in [0.4, 0.5) is 5.69 Å². The van der Waals surface area contributed by atoms with Gasteiger partial charge >= 0.3 is 0 Å². The number of furan rings is 1. The zero-order chi connectivity index (χ0) is 19.0. The molecule has 1 unspecified atom stereocenters. The van der Waals surface area contributed by atoms with E-state index in [1.807, 2.05) is 6.07 Å². The zero-order valence-electron chi connectivity index (χ0n) is 14.0. The van der Waals surface area contributed by atoms with Crippen LogP contribution in [0.25, 0.3) is 11.1 Å². The van der Waals surface area contributed by atoms with Crippen LogP contribution in [-0.2, 0) is 20.8 Å². The zero-order valence-corrected chi connectivity index (χ0v) is 15.7. The van der Waals surface area contributed by atoms with Gasteiger partial charge in [-0.05, 0) is 29.8 Å². The summed E-state index contributed by atoms with van der Waals surface area (Å²) in [4.78, 5) is 0.664. The van der Waals surface area contributed by atoms with E-state index in [1.165, 1.54) is 10.6 Å². The smallest absolute Gasteiger partial charge is 0.264 e. The molecule has 1 atom stereocenters. The lowest BCUT2D eigenvalue weighted by atomic mass is 10.1. The lowest BCUT2D eigenvalue weighted by Gasteiger charge is -2.30. The first-order valence-corrected chi connectivity index (χ1v) is 10.9. The van der Waals surface area contributed by atoms with E-state index in [0.717, 1.165) is 0 Å². The van der Waals surface area contributed by atoms with Crippen molar-refractivity contribution in [2.24, 2.45) is 0 Å². The van der Waals surface area contributed by atoms with E-state index in [4.69, 9.17) is 9.68 Å². The normalized spacial score (nSPS) is 16.6. The molecule has 4 rings (SSSR count). The maximum atomic E-state index is 13.1. The van der Waals surface area contributed by atoms with Gasteiger partial charge in [0.15, 0.2) is 0 Å². The van der Waals surface area contributed by atoms with Gasteiger partial charge in [0, 0.05) is 23.9 Å². The molecule has 3 aromatic rings. The first-order valence-electron chi connectivity index (χ1n) is 8.10. The van der Waals surface area contributed by atoms with Crippen molar-refractivity contribution >= 4 is 26.5 Å². The van der Waals surface area contributed by atoms with Gasteiger partial charge in [0.05, 0.1) is 26.3 Å². The molecule has 2 aromatic carbocycles. The van der Waals surface area contributed by atoms with Gasteiger partial charge in [-0.3, -0.25) is 8.51 Å². The largest absolute Gasteiger partial charge is 0.453 e. The Balaban J connectivity index is 1.85. The molecule has 6 nitrogen and oxygen atoms in total. The molecule has 0 fully saturated rings. The molecule has 0 N–H and O–H groups in total. The average Bonchev–Trinajstić information content (AvgIpc) is 3.18. The Labute approximate surface area is 159 Å². The average molecular weight is 398 g/mol. The van der Waals surface area contributed by atoms with Crippen LogP contribution in [0.1, 0.15) is 5.76 Å². The molecular weight excluding hydrogens is 384 g/mol. The summed E-state index contributed by atoms with van der Waals surface area (Å²) in [7, 11) is -5.04. The van der Waals surface area contributed by atoms with Crippen LogP contribution < -0.4 is 4.31 Å². The summed E-state index contributed by atoms with van der Waals surface area (Å²) in [6.45, 7) is 0.134. The van der Waals surface area contributed by atoms with Gasteiger partial charge in [-0.1, -0.05) is 24.3 Å². The minimum absolute atomic E-state index is 0.134. The van der Waals surface area contributed by atoms with Crippen LogP contribution in [0.15, 0.2) is 75.1 Å². The molecule has 136 valence electrons. The van der Waals surface area contributed by atoms with Gasteiger partial charge in [-0.2, -0.15) is 5.26 Å². The molecule has 0 bridgehead atoms. The topological polar surface area (TPSA) is 91.4 Å². The fourth-order valence-electron chi connectivity index (χ4n) is 3.00. The molecule has 0 saturated heterocycles. The Kier molecular flexibility index (Phi) is 4.34. The number of nitriles is 1. The van der Waals surface area contributed by atoms with Crippen LogP contribution in [0, 0.1) is 11.3 Å². The second kappa shape index (κ2) is 6.68. The predicted molar refractivity (Wildman–Crippen MR) is 101 cm³/mol. The summed E-state index contributed by atoms with van der Waals surface area (Å²) >= 11 is 0. The molecule has 0 radical (unpaired) electrons. The Morgan fingerprint density at radius 1 is 1.07 bits per heavy atom. The van der Waals surface area contributed by atoms with E-state index in [0.29, 0.717) is 21.7 Å². The van der Waals surface area contributed by atoms with Crippen molar-refractivity contribution in [3.63, 3.8) is 0 Å². The lowest BCUT2D eigenvalue weighted by Crippen LogP contribution is -2.38. The molecule has 1 aliphatic rings. The van der Waals surface area contributed by atoms with Gasteiger partial charge in [0.25, 0.3) is 10.0 Å². The van der Waals surface area contributed by atoms with Crippen LogP contribution in [-0.4, -0.2) is 24.9 Å². The molecule has 27 heavy (non-hydrogen) atoms. The van der Waals surface area contributed by atoms with Crippen LogP contribution in [0.3, 0.4) is 0 Å². The Hall–Kier alpha value is -2.89. The highest BCUT2D eigenvalue weighted by molar-refractivity contribution is 7.93. The third-order valence-corrected chi connectivity index (χ3v) is 7.54. The standard InChI is InChI=1S/C19H14N2O4S2/c20-12-16-10-15(13-25-16)14-6-7-19-18(11-14)21(8-9-26(19)22)27(23,24)17-4-2-1-3-5-17/h1-7,10-11,13H,8-9H2. The number of rotatable bonds is 3. The monoisotopic (exact) mass is 398 g/mol. The predicted octanol–water partition coefficient (Wildman–Crippen LogP) is 3.13. The molecule has 0 aliphatic carbocycles. The highest BCUT2D eigenvalue weighted by atomic mass is 32.2. The van der Waals surface area contributed by atoms with Gasteiger partial charge in [0.1, 0.15) is 12.3 Å². The fourth-order valence-corrected chi connectivity index (χ4v) is 5.86. The Morgan fingerprint density at radius 3 is 2.56 bits per heavy atom. The number of fused-ring (bicyclic) bond motifs is 1. The molecule has 1 aliphatic heterocycles. The van der Waals surface area contributed by atoms with Crippen molar-refractivity contribution in [1.82, 2.24) is 0 Å². The van der Waals surface area contributed by atoms with Crippen molar-refractivity contribution in [3.05, 3.63) is 66.6 Å². The number of benzene rings is 2. The number of nitrogens with zero attached hydrogens (tertiary/aromatic N) is 2. The van der Waals surface area contributed by atoms with Crippen LogP contribution in [0.2, 0.25) is 0 Å². The van der Waals surface area contributed by atoms with Crippen molar-refractivity contribution in [2.75, 3.05) is 16.6 Å². The fraction of sp³-hybridized carbons (Fsp3) is 0.105. The highest BCUT2D eigenvalue weighted by Crippen LogP contribution is 2.36. The summed E-state index contributed by atoms with van der Waals surface area (Å²) in [6.07, 6.45) is 1.44. The van der Waals surface area contributed by atoms with E-state index >= 15 is 0 Å². The molecular formula is C19H14N2O4S2. The maximum Gasteiger partial charge on any atom is 0.264 e. The summed E-state index contributed by atoms with van der Waals surface area (Å²) in [5, 5.41) is 8.93. The second-order valence-electron chi connectivity index (χ2n) is 5.93. The van der Waals surface area contributed by atoms with Gasteiger partial charge in [-0.15, -0.1) is 0 Å². The molecule has 0 saturated carbocycles. The van der Waals surface area contributed by atoms with Crippen molar-refractivity contribution < 1.29 is 17.0 Å². The first-order chi connectivity index (χ1) is 13.0. The van der Waals surface area contributed by atoms with E-state index in [-0.39, 0.29) is 23.0 Å². The molecule has 0 spiro atoms. The van der Waals surface area contributed by atoms with Crippen LogP contribution in [0.5, 0.6) is 0 Å².